The van der Waals surface area contributed by atoms with Gasteiger partial charge in [-0.1, -0.05) is 0 Å². The van der Waals surface area contributed by atoms with Crippen LogP contribution in [0.4, 0.5) is 0 Å². The van der Waals surface area contributed by atoms with Crippen LogP contribution in [0.5, 0.6) is 0 Å². The lowest BCUT2D eigenvalue weighted by atomic mass is 10.2. The van der Waals surface area contributed by atoms with Crippen molar-refractivity contribution in [3.05, 3.63) is 0 Å². The molecule has 0 spiro atoms. The van der Waals surface area contributed by atoms with Gasteiger partial charge >= 0.3 is 0 Å². The largest absolute Gasteiger partial charge is 0.547 e. The van der Waals surface area contributed by atoms with Gasteiger partial charge in [-0.2, -0.15) is 0 Å². The van der Waals surface area contributed by atoms with Crippen LogP contribution in [0.15, 0.2) is 0 Å². The fraction of sp³-hybridized carbons (Fsp3) is 0.909. The third-order valence-electron chi connectivity index (χ3n) is 2.69. The maximum absolute atomic E-state index is 9.97. The van der Waals surface area contributed by atoms with Crippen LogP contribution in [-0.2, 0) is 9.53 Å². The number of nitrogens with one attached hydrogen (secondary N) is 1. The smallest absolute Gasteiger partial charge is 0.0969 e. The Bertz CT molecular complexity index is 158. The van der Waals surface area contributed by atoms with E-state index in [1.807, 2.05) is 0 Å². The number of carboxylic acids is 1. The minimum atomic E-state index is -1.08. The third-order valence-corrected chi connectivity index (χ3v) is 2.69. The molecular weight excluding hydrogens is 194 g/mol. The minimum Gasteiger partial charge on any atom is -0.547 e. The molecule has 4 nitrogen and oxygen atoms in total. The van der Waals surface area contributed by atoms with Crippen molar-refractivity contribution in [1.82, 2.24) is 0 Å². The normalized spacial score (nSPS) is 19.9. The molecular formula is C11H23NO3. The Morgan fingerprint density at radius 1 is 1.33 bits per heavy atom. The number of ether oxygens (including phenoxy) is 1. The van der Waals surface area contributed by atoms with E-state index < -0.39 is 12.1 Å². The van der Waals surface area contributed by atoms with Gasteiger partial charge in [0.1, 0.15) is 0 Å². The first kappa shape index (κ1) is 14.4. The molecule has 90 valence electrons. The summed E-state index contributed by atoms with van der Waals surface area (Å²) in [6.45, 7) is 11.1. The predicted octanol–water partition coefficient (Wildman–Crippen LogP) is -1.15. The second-order valence-electron chi connectivity index (χ2n) is 3.63. The van der Waals surface area contributed by atoms with Crippen molar-refractivity contribution in [3.8, 4) is 0 Å². The van der Waals surface area contributed by atoms with E-state index in [9.17, 15) is 9.90 Å². The summed E-state index contributed by atoms with van der Waals surface area (Å²) in [5.41, 5.74) is 0. The van der Waals surface area contributed by atoms with Gasteiger partial charge in [-0.15, -0.1) is 0 Å². The van der Waals surface area contributed by atoms with E-state index in [0.29, 0.717) is 13.0 Å². The highest BCUT2D eigenvalue weighted by atomic mass is 16.5. The van der Waals surface area contributed by atoms with Gasteiger partial charge in [-0.25, -0.2) is 0 Å². The van der Waals surface area contributed by atoms with Crippen LogP contribution in [-0.4, -0.2) is 38.3 Å². The number of hydrogen-bond donors (Lipinski definition) is 1. The van der Waals surface area contributed by atoms with E-state index >= 15 is 0 Å². The Morgan fingerprint density at radius 3 is 2.00 bits per heavy atom. The number of hydrogen-bond acceptors (Lipinski definition) is 3. The molecule has 0 aromatic heterocycles. The summed E-state index contributed by atoms with van der Waals surface area (Å²) < 4.78 is 4.75. The number of aliphatic carboxylic acids is 1. The highest BCUT2D eigenvalue weighted by Gasteiger charge is 2.15. The van der Waals surface area contributed by atoms with Crippen molar-refractivity contribution in [1.29, 1.82) is 0 Å². The second kappa shape index (κ2) is 8.68. The van der Waals surface area contributed by atoms with Crippen LogP contribution in [0.1, 0.15) is 33.6 Å². The Kier molecular flexibility index (Phi) is 8.33. The van der Waals surface area contributed by atoms with Crippen LogP contribution in [0.3, 0.4) is 0 Å². The Hall–Kier alpha value is -0.610. The Labute approximate surface area is 92.2 Å². The number of rotatable bonds is 4. The molecule has 0 saturated carbocycles. The molecule has 0 amide bonds. The van der Waals surface area contributed by atoms with Crippen molar-refractivity contribution >= 4 is 5.97 Å². The molecule has 0 radical (unpaired) electrons. The summed E-state index contributed by atoms with van der Waals surface area (Å²) in [5.74, 6) is -1.08. The molecule has 0 aromatic rings. The van der Waals surface area contributed by atoms with E-state index in [1.165, 1.54) is 19.6 Å². The highest BCUT2D eigenvalue weighted by Crippen LogP contribution is 2.09. The quantitative estimate of drug-likeness (QED) is 0.647. The second-order valence-corrected chi connectivity index (χ2v) is 3.63. The van der Waals surface area contributed by atoms with E-state index in [4.69, 9.17) is 4.74 Å². The lowest BCUT2D eigenvalue weighted by Gasteiger charge is -2.10. The number of carbonyl (C=O) groups excluding carboxylic acids is 1. The molecule has 1 N–H and O–H groups in total. The average molecular weight is 217 g/mol. The lowest BCUT2D eigenvalue weighted by molar-refractivity contribution is -0.894. The summed E-state index contributed by atoms with van der Waals surface area (Å²) in [7, 11) is 0. The molecule has 15 heavy (non-hydrogen) atoms. The van der Waals surface area contributed by atoms with Gasteiger partial charge in [-0.3, -0.25) is 0 Å². The molecule has 1 aliphatic heterocycles. The first-order valence-corrected chi connectivity index (χ1v) is 5.81. The summed E-state index contributed by atoms with van der Waals surface area (Å²) in [5, 5.41) is 9.97. The fourth-order valence-electron chi connectivity index (χ4n) is 1.51. The molecule has 1 aliphatic rings. The molecule has 1 rings (SSSR count). The highest BCUT2D eigenvalue weighted by molar-refractivity contribution is 5.70. The first-order valence-electron chi connectivity index (χ1n) is 5.81. The molecule has 0 bridgehead atoms. The fourth-order valence-corrected chi connectivity index (χ4v) is 1.51. The molecule has 4 heteroatoms. The zero-order valence-electron chi connectivity index (χ0n) is 10.0. The van der Waals surface area contributed by atoms with Crippen molar-refractivity contribution in [2.45, 2.75) is 39.7 Å². The number of quaternary nitrogens is 1. The minimum absolute atomic E-state index is 0.568. The maximum atomic E-state index is 9.97. The SMILES string of the molecule is CC[NH+](CC)CC.O=C([O-])C1CCCO1. The van der Waals surface area contributed by atoms with Crippen molar-refractivity contribution in [3.63, 3.8) is 0 Å². The number of carbonyl (C=O) groups is 1. The molecule has 1 heterocycles. The summed E-state index contributed by atoms with van der Waals surface area (Å²) in [4.78, 5) is 11.6. The summed E-state index contributed by atoms with van der Waals surface area (Å²) in [6, 6.07) is 0. The first-order chi connectivity index (χ1) is 7.15. The summed E-state index contributed by atoms with van der Waals surface area (Å²) >= 11 is 0. The van der Waals surface area contributed by atoms with Crippen LogP contribution < -0.4 is 10.0 Å². The van der Waals surface area contributed by atoms with E-state index in [0.717, 1.165) is 6.42 Å². The molecule has 1 fully saturated rings. The van der Waals surface area contributed by atoms with Gasteiger partial charge in [0, 0.05) is 6.61 Å². The standard InChI is InChI=1S/C6H15N.C5H8O3/c1-4-7(5-2)6-3;6-5(7)4-2-1-3-8-4/h4-6H2,1-3H3;4H,1-3H2,(H,6,7). The van der Waals surface area contributed by atoms with Gasteiger partial charge in [0.15, 0.2) is 0 Å². The average Bonchev–Trinajstić information content (AvgIpc) is 2.74. The monoisotopic (exact) mass is 217 g/mol. The maximum Gasteiger partial charge on any atom is 0.0969 e. The van der Waals surface area contributed by atoms with E-state index in [1.54, 1.807) is 4.90 Å². The van der Waals surface area contributed by atoms with Gasteiger partial charge in [0.05, 0.1) is 31.7 Å². The molecule has 1 saturated heterocycles. The van der Waals surface area contributed by atoms with Gasteiger partial charge in [0.2, 0.25) is 0 Å². The van der Waals surface area contributed by atoms with Crippen LogP contribution in [0, 0.1) is 0 Å². The Balaban J connectivity index is 0.000000265. The Morgan fingerprint density at radius 2 is 1.87 bits per heavy atom. The van der Waals surface area contributed by atoms with E-state index in [-0.39, 0.29) is 0 Å². The number of carboxylic acid groups (broad SMARTS) is 1. The van der Waals surface area contributed by atoms with Crippen LogP contribution in [0.25, 0.3) is 0 Å². The van der Waals surface area contributed by atoms with Gasteiger partial charge in [-0.05, 0) is 33.6 Å². The van der Waals surface area contributed by atoms with Gasteiger partial charge in [0.25, 0.3) is 0 Å². The van der Waals surface area contributed by atoms with Crippen LogP contribution >= 0.6 is 0 Å². The molecule has 1 atom stereocenters. The summed E-state index contributed by atoms with van der Waals surface area (Å²) in [6.07, 6.45) is 0.830. The van der Waals surface area contributed by atoms with Crippen molar-refractivity contribution < 1.29 is 19.5 Å². The predicted molar refractivity (Wildman–Crippen MR) is 56.6 cm³/mol. The zero-order chi connectivity index (χ0) is 11.7. The molecule has 1 unspecified atom stereocenters. The van der Waals surface area contributed by atoms with Gasteiger partial charge < -0.3 is 19.5 Å². The molecule has 0 aromatic carbocycles. The van der Waals surface area contributed by atoms with Crippen molar-refractivity contribution in [2.24, 2.45) is 0 Å². The lowest BCUT2D eigenvalue weighted by Crippen LogP contribution is -3.11. The van der Waals surface area contributed by atoms with Crippen molar-refractivity contribution in [2.75, 3.05) is 26.2 Å². The third kappa shape index (κ3) is 6.47. The van der Waals surface area contributed by atoms with Crippen LogP contribution in [0.2, 0.25) is 0 Å². The van der Waals surface area contributed by atoms with E-state index in [2.05, 4.69) is 20.8 Å². The molecule has 0 aliphatic carbocycles. The topological polar surface area (TPSA) is 53.8 Å². The zero-order valence-corrected chi connectivity index (χ0v) is 10.0.